The Balaban J connectivity index is 1.97. The van der Waals surface area contributed by atoms with Gasteiger partial charge in [-0.1, -0.05) is 18.8 Å². The van der Waals surface area contributed by atoms with Crippen molar-refractivity contribution in [3.8, 4) is 11.8 Å². The molecule has 2 aliphatic rings. The highest BCUT2D eigenvalue weighted by molar-refractivity contribution is 6.00. The monoisotopic (exact) mass is 518 g/mol. The first-order chi connectivity index (χ1) is 17.3. The van der Waals surface area contributed by atoms with Crippen LogP contribution < -0.4 is 16.4 Å². The first-order valence-corrected chi connectivity index (χ1v) is 13.5. The summed E-state index contributed by atoms with van der Waals surface area (Å²) in [6.07, 6.45) is 7.49. The van der Waals surface area contributed by atoms with Gasteiger partial charge in [-0.2, -0.15) is 0 Å². The zero-order valence-corrected chi connectivity index (χ0v) is 23.2. The Labute approximate surface area is 221 Å². The van der Waals surface area contributed by atoms with Crippen molar-refractivity contribution in [3.63, 3.8) is 0 Å². The summed E-state index contributed by atoms with van der Waals surface area (Å²) in [4.78, 5) is 38.1. The number of aliphatic hydroxyl groups is 1. The molecular formula is C28H46N4O5. The van der Waals surface area contributed by atoms with E-state index >= 15 is 0 Å². The lowest BCUT2D eigenvalue weighted by molar-refractivity contribution is -0.134. The highest BCUT2D eigenvalue weighted by Crippen LogP contribution is 2.24. The summed E-state index contributed by atoms with van der Waals surface area (Å²) in [6.45, 7) is 10.1. The summed E-state index contributed by atoms with van der Waals surface area (Å²) < 4.78 is 5.66. The third-order valence-corrected chi connectivity index (χ3v) is 7.02. The quantitative estimate of drug-likeness (QED) is 0.209. The molecule has 1 heterocycles. The molecule has 37 heavy (non-hydrogen) atoms. The number of nitrogens with two attached hydrogens (primary N) is 1. The fourth-order valence-electron chi connectivity index (χ4n) is 4.45. The average molecular weight is 519 g/mol. The molecule has 2 atom stereocenters. The molecule has 208 valence electrons. The molecule has 1 saturated carbocycles. The molecule has 0 radical (unpaired) electrons. The molecule has 3 amide bonds. The van der Waals surface area contributed by atoms with Crippen molar-refractivity contribution >= 4 is 17.9 Å². The predicted molar refractivity (Wildman–Crippen MR) is 143 cm³/mol. The Morgan fingerprint density at radius 2 is 1.89 bits per heavy atom. The number of ether oxygens (including phenoxy) is 1. The fraction of sp³-hybridized carbons (Fsp3) is 0.750. The molecule has 9 heteroatoms. The van der Waals surface area contributed by atoms with Crippen LogP contribution >= 0.6 is 0 Å². The number of piperidine rings is 1. The largest absolute Gasteiger partial charge is 0.444 e. The number of hydrogen-bond donors (Lipinski definition) is 4. The van der Waals surface area contributed by atoms with Crippen LogP contribution in [0.2, 0.25) is 0 Å². The Morgan fingerprint density at radius 1 is 1.22 bits per heavy atom. The van der Waals surface area contributed by atoms with Crippen molar-refractivity contribution in [2.24, 2.45) is 5.73 Å². The number of imide groups is 1. The van der Waals surface area contributed by atoms with E-state index in [9.17, 15) is 19.5 Å². The van der Waals surface area contributed by atoms with Gasteiger partial charge in [-0.05, 0) is 84.3 Å². The van der Waals surface area contributed by atoms with Gasteiger partial charge >= 0.3 is 6.09 Å². The average Bonchev–Trinajstić information content (AvgIpc) is 2.81. The normalized spacial score (nSPS) is 24.4. The second kappa shape index (κ2) is 13.9. The van der Waals surface area contributed by atoms with E-state index in [4.69, 9.17) is 10.5 Å². The first-order valence-electron chi connectivity index (χ1n) is 13.5. The topological polar surface area (TPSA) is 134 Å². The molecule has 0 aromatic rings. The molecule has 1 saturated heterocycles. The zero-order chi connectivity index (χ0) is 27.6. The van der Waals surface area contributed by atoms with E-state index in [1.165, 1.54) is 0 Å². The van der Waals surface area contributed by atoms with Crippen LogP contribution in [0.4, 0.5) is 4.79 Å². The van der Waals surface area contributed by atoms with E-state index < -0.39 is 17.2 Å². The van der Waals surface area contributed by atoms with Gasteiger partial charge in [-0.3, -0.25) is 14.9 Å². The van der Waals surface area contributed by atoms with Crippen molar-refractivity contribution in [3.05, 3.63) is 11.6 Å². The minimum Gasteiger partial charge on any atom is -0.444 e. The zero-order valence-electron chi connectivity index (χ0n) is 23.2. The van der Waals surface area contributed by atoms with E-state index in [-0.39, 0.29) is 36.5 Å². The number of rotatable bonds is 9. The molecule has 0 bridgehead atoms. The summed E-state index contributed by atoms with van der Waals surface area (Å²) in [7, 11) is 0. The van der Waals surface area contributed by atoms with Gasteiger partial charge in [-0.25, -0.2) is 4.79 Å². The van der Waals surface area contributed by atoms with Crippen molar-refractivity contribution in [2.75, 3.05) is 13.1 Å². The van der Waals surface area contributed by atoms with Crippen LogP contribution in [-0.4, -0.2) is 70.3 Å². The number of carbonyl (C=O) groups is 3. The number of carbonyl (C=O) groups excluding carboxylic acids is 3. The first kappa shape index (κ1) is 30.8. The van der Waals surface area contributed by atoms with Gasteiger partial charge in [-0.15, -0.1) is 0 Å². The molecule has 1 unspecified atom stereocenters. The molecular weight excluding hydrogens is 472 g/mol. The van der Waals surface area contributed by atoms with Gasteiger partial charge in [0.25, 0.3) is 0 Å². The number of unbranched alkanes of at least 4 members (excludes halogenated alkanes) is 1. The van der Waals surface area contributed by atoms with E-state index in [1.54, 1.807) is 13.0 Å². The maximum atomic E-state index is 12.9. The molecule has 1 aliphatic heterocycles. The van der Waals surface area contributed by atoms with Crippen LogP contribution in [0.25, 0.3) is 0 Å². The number of hydrogen-bond acceptors (Lipinski definition) is 7. The molecule has 0 aromatic carbocycles. The number of nitrogens with one attached hydrogen (secondary N) is 2. The summed E-state index contributed by atoms with van der Waals surface area (Å²) >= 11 is 0. The third-order valence-electron chi connectivity index (χ3n) is 7.02. The SMILES string of the molecule is CC[C@@](C)(O)/C(=C/C#CCCCN(C(=O)OC(C)(C)C)[C@H]1CC[C@@H](N)CC1)CNC1CCC(=O)NC1=O. The molecule has 5 N–H and O–H groups in total. The minimum absolute atomic E-state index is 0.132. The van der Waals surface area contributed by atoms with Crippen LogP contribution in [0, 0.1) is 11.8 Å². The maximum absolute atomic E-state index is 12.9. The van der Waals surface area contributed by atoms with Gasteiger partial charge in [0.15, 0.2) is 0 Å². The summed E-state index contributed by atoms with van der Waals surface area (Å²) in [5, 5.41) is 16.3. The Bertz CT molecular complexity index is 888. The summed E-state index contributed by atoms with van der Waals surface area (Å²) in [5.41, 5.74) is 5.11. The smallest absolute Gasteiger partial charge is 0.410 e. The lowest BCUT2D eigenvalue weighted by Crippen LogP contribution is -2.51. The molecule has 0 spiro atoms. The molecule has 9 nitrogen and oxygen atoms in total. The predicted octanol–water partition coefficient (Wildman–Crippen LogP) is 2.76. The molecule has 0 aromatic heterocycles. The fourth-order valence-corrected chi connectivity index (χ4v) is 4.45. The van der Waals surface area contributed by atoms with Crippen molar-refractivity contribution in [1.29, 1.82) is 0 Å². The summed E-state index contributed by atoms with van der Waals surface area (Å²) in [6, 6.07) is -0.143. The highest BCUT2D eigenvalue weighted by Gasteiger charge is 2.31. The van der Waals surface area contributed by atoms with E-state index in [0.717, 1.165) is 25.7 Å². The van der Waals surface area contributed by atoms with Gasteiger partial charge < -0.3 is 25.8 Å². The second-order valence-electron chi connectivity index (χ2n) is 11.3. The van der Waals surface area contributed by atoms with Crippen molar-refractivity contribution < 1.29 is 24.2 Å². The second-order valence-corrected chi connectivity index (χ2v) is 11.3. The van der Waals surface area contributed by atoms with Gasteiger partial charge in [0, 0.05) is 38.0 Å². The van der Waals surface area contributed by atoms with Gasteiger partial charge in [0.2, 0.25) is 11.8 Å². The molecule has 1 aliphatic carbocycles. The van der Waals surface area contributed by atoms with E-state index in [0.29, 0.717) is 44.2 Å². The Hall–Kier alpha value is -2.41. The molecule has 2 fully saturated rings. The standard InChI is InChI=1S/C28H46N4O5/c1-6-28(5,36)20(19-30-23-16-17-24(33)31-25(23)34)11-9-7-8-10-18-32(26(35)37-27(2,3)4)22-14-12-21(29)13-15-22/h11,21-23,30,36H,6,8,10,12-19,29H2,1-5H3,(H,31,33,34)/b20-11+/t21-,22+,23?,28-/m1/s1. The lowest BCUT2D eigenvalue weighted by Gasteiger charge is -2.37. The van der Waals surface area contributed by atoms with Crippen LogP contribution in [0.5, 0.6) is 0 Å². The molecule has 2 rings (SSSR count). The number of amides is 3. The van der Waals surface area contributed by atoms with Crippen molar-refractivity contribution in [2.45, 2.75) is 122 Å². The number of allylic oxidation sites excluding steroid dienone is 1. The van der Waals surface area contributed by atoms with Gasteiger partial charge in [0.05, 0.1) is 11.6 Å². The lowest BCUT2D eigenvalue weighted by atomic mass is 9.91. The van der Waals surface area contributed by atoms with E-state index in [1.807, 2.05) is 32.6 Å². The highest BCUT2D eigenvalue weighted by atomic mass is 16.6. The Kier molecular flexibility index (Phi) is 11.6. The Morgan fingerprint density at radius 3 is 2.49 bits per heavy atom. The number of nitrogens with zero attached hydrogens (tertiary/aromatic N) is 1. The van der Waals surface area contributed by atoms with E-state index in [2.05, 4.69) is 22.5 Å². The van der Waals surface area contributed by atoms with Crippen LogP contribution in [0.3, 0.4) is 0 Å². The van der Waals surface area contributed by atoms with Crippen LogP contribution in [0.15, 0.2) is 11.6 Å². The van der Waals surface area contributed by atoms with Crippen LogP contribution in [0.1, 0.15) is 92.4 Å². The van der Waals surface area contributed by atoms with Crippen LogP contribution in [-0.2, 0) is 14.3 Å². The third kappa shape index (κ3) is 10.5. The minimum atomic E-state index is -1.07. The maximum Gasteiger partial charge on any atom is 0.410 e. The van der Waals surface area contributed by atoms with Gasteiger partial charge in [0.1, 0.15) is 5.60 Å². The summed E-state index contributed by atoms with van der Waals surface area (Å²) in [5.74, 6) is 5.57. The van der Waals surface area contributed by atoms with Crippen molar-refractivity contribution in [1.82, 2.24) is 15.5 Å².